The summed E-state index contributed by atoms with van der Waals surface area (Å²) in [6.45, 7) is 10.2. The van der Waals surface area contributed by atoms with E-state index >= 15 is 0 Å². The molecule has 0 aliphatic rings. The standard InChI is InChI=1S/C14H27N3O2S/c1-5-7-8-16-20(18,19)14-9-13(10-15-6-2)17(11-14)12(3)4/h9,11-12,15-16H,5-8,10H2,1-4H3. The van der Waals surface area contributed by atoms with Gasteiger partial charge in [-0.25, -0.2) is 13.1 Å². The van der Waals surface area contributed by atoms with Gasteiger partial charge < -0.3 is 9.88 Å². The minimum absolute atomic E-state index is 0.239. The first-order valence-electron chi connectivity index (χ1n) is 7.33. The first-order chi connectivity index (χ1) is 9.42. The zero-order chi connectivity index (χ0) is 15.2. The number of sulfonamides is 1. The fourth-order valence-corrected chi connectivity index (χ4v) is 3.11. The van der Waals surface area contributed by atoms with E-state index < -0.39 is 10.0 Å². The molecule has 0 spiro atoms. The Morgan fingerprint density at radius 3 is 2.55 bits per heavy atom. The van der Waals surface area contributed by atoms with Crippen LogP contribution in [0.2, 0.25) is 0 Å². The van der Waals surface area contributed by atoms with E-state index in [1.807, 2.05) is 18.4 Å². The molecule has 2 N–H and O–H groups in total. The summed E-state index contributed by atoms with van der Waals surface area (Å²) >= 11 is 0. The van der Waals surface area contributed by atoms with Gasteiger partial charge >= 0.3 is 0 Å². The summed E-state index contributed by atoms with van der Waals surface area (Å²) in [5, 5.41) is 3.24. The number of hydrogen-bond acceptors (Lipinski definition) is 3. The maximum Gasteiger partial charge on any atom is 0.242 e. The van der Waals surface area contributed by atoms with Crippen LogP contribution in [0.3, 0.4) is 0 Å². The summed E-state index contributed by atoms with van der Waals surface area (Å²) in [7, 11) is -3.39. The second-order valence-electron chi connectivity index (χ2n) is 5.20. The lowest BCUT2D eigenvalue weighted by molar-refractivity contribution is 0.554. The molecule has 1 rings (SSSR count). The van der Waals surface area contributed by atoms with Crippen molar-refractivity contribution in [3.8, 4) is 0 Å². The highest BCUT2D eigenvalue weighted by Gasteiger charge is 2.18. The van der Waals surface area contributed by atoms with Crippen LogP contribution in [0, 0.1) is 0 Å². The smallest absolute Gasteiger partial charge is 0.242 e. The van der Waals surface area contributed by atoms with Gasteiger partial charge in [0.05, 0.1) is 4.90 Å². The molecule has 116 valence electrons. The van der Waals surface area contributed by atoms with E-state index in [9.17, 15) is 8.42 Å². The van der Waals surface area contributed by atoms with Crippen LogP contribution in [0.25, 0.3) is 0 Å². The Labute approximate surface area is 122 Å². The van der Waals surface area contributed by atoms with Crippen LogP contribution in [0.5, 0.6) is 0 Å². The van der Waals surface area contributed by atoms with Crippen LogP contribution in [0.15, 0.2) is 17.2 Å². The topological polar surface area (TPSA) is 63.1 Å². The summed E-state index contributed by atoms with van der Waals surface area (Å²) in [6.07, 6.45) is 3.56. The van der Waals surface area contributed by atoms with E-state index in [0.29, 0.717) is 18.0 Å². The van der Waals surface area contributed by atoms with E-state index in [1.165, 1.54) is 0 Å². The van der Waals surface area contributed by atoms with Gasteiger partial charge in [-0.3, -0.25) is 0 Å². The lowest BCUT2D eigenvalue weighted by Crippen LogP contribution is -2.24. The number of aromatic nitrogens is 1. The number of nitrogens with one attached hydrogen (secondary N) is 2. The van der Waals surface area contributed by atoms with E-state index in [0.717, 1.165) is 25.1 Å². The maximum absolute atomic E-state index is 12.2. The van der Waals surface area contributed by atoms with Crippen molar-refractivity contribution in [3.05, 3.63) is 18.0 Å². The predicted octanol–water partition coefficient (Wildman–Crippen LogP) is 2.26. The molecule has 0 aliphatic heterocycles. The molecule has 0 saturated heterocycles. The third-order valence-corrected chi connectivity index (χ3v) is 4.58. The molecule has 0 bridgehead atoms. The van der Waals surface area contributed by atoms with Crippen LogP contribution in [-0.2, 0) is 16.6 Å². The van der Waals surface area contributed by atoms with Crippen LogP contribution < -0.4 is 10.0 Å². The van der Waals surface area contributed by atoms with Gasteiger partial charge in [-0.15, -0.1) is 0 Å². The van der Waals surface area contributed by atoms with Crippen molar-refractivity contribution in [1.82, 2.24) is 14.6 Å². The molecule has 1 heterocycles. The minimum Gasteiger partial charge on any atom is -0.346 e. The predicted molar refractivity (Wildman–Crippen MR) is 82.3 cm³/mol. The van der Waals surface area contributed by atoms with E-state index in [-0.39, 0.29) is 6.04 Å². The zero-order valence-corrected chi connectivity index (χ0v) is 13.8. The Bertz CT molecular complexity index is 506. The van der Waals surface area contributed by atoms with Gasteiger partial charge in [0, 0.05) is 31.0 Å². The number of nitrogens with zero attached hydrogens (tertiary/aromatic N) is 1. The van der Waals surface area contributed by atoms with Gasteiger partial charge in [-0.05, 0) is 32.9 Å². The van der Waals surface area contributed by atoms with Crippen molar-refractivity contribution in [1.29, 1.82) is 0 Å². The molecule has 1 aromatic heterocycles. The Hall–Kier alpha value is -0.850. The first-order valence-corrected chi connectivity index (χ1v) is 8.81. The highest BCUT2D eigenvalue weighted by atomic mass is 32.2. The number of hydrogen-bond donors (Lipinski definition) is 2. The monoisotopic (exact) mass is 301 g/mol. The molecule has 5 nitrogen and oxygen atoms in total. The Morgan fingerprint density at radius 1 is 1.30 bits per heavy atom. The van der Waals surface area contributed by atoms with Crippen LogP contribution in [0.4, 0.5) is 0 Å². The van der Waals surface area contributed by atoms with E-state index in [2.05, 4.69) is 23.9 Å². The normalized spacial score (nSPS) is 12.2. The Kier molecular flexibility index (Phi) is 6.71. The fraction of sp³-hybridized carbons (Fsp3) is 0.714. The van der Waals surface area contributed by atoms with Crippen molar-refractivity contribution < 1.29 is 8.42 Å². The molecule has 0 saturated carbocycles. The third kappa shape index (κ3) is 4.61. The molecule has 0 unspecified atom stereocenters. The molecule has 1 aromatic rings. The molecule has 0 radical (unpaired) electrons. The van der Waals surface area contributed by atoms with Crippen molar-refractivity contribution in [3.63, 3.8) is 0 Å². The molecular formula is C14H27N3O2S. The summed E-state index contributed by atoms with van der Waals surface area (Å²) in [6, 6.07) is 2.00. The molecule has 0 fully saturated rings. The summed E-state index contributed by atoms with van der Waals surface area (Å²) < 4.78 is 29.1. The molecule has 0 aromatic carbocycles. The molecule has 0 atom stereocenters. The second kappa shape index (κ2) is 7.81. The van der Waals surface area contributed by atoms with Gasteiger partial charge in [-0.2, -0.15) is 0 Å². The van der Waals surface area contributed by atoms with E-state index in [1.54, 1.807) is 12.3 Å². The van der Waals surface area contributed by atoms with Crippen LogP contribution >= 0.6 is 0 Å². The maximum atomic E-state index is 12.2. The zero-order valence-electron chi connectivity index (χ0n) is 12.9. The van der Waals surface area contributed by atoms with E-state index in [4.69, 9.17) is 0 Å². The van der Waals surface area contributed by atoms with Gasteiger partial charge in [0.1, 0.15) is 0 Å². The van der Waals surface area contributed by atoms with Crippen LogP contribution in [-0.4, -0.2) is 26.1 Å². The molecule has 0 aliphatic carbocycles. The molecular weight excluding hydrogens is 274 g/mol. The average Bonchev–Trinajstić information content (AvgIpc) is 2.81. The highest BCUT2D eigenvalue weighted by molar-refractivity contribution is 7.89. The SMILES string of the molecule is CCCCNS(=O)(=O)c1cc(CNCC)n(C(C)C)c1. The summed E-state index contributed by atoms with van der Waals surface area (Å²) in [4.78, 5) is 0.357. The van der Waals surface area contributed by atoms with Gasteiger partial charge in [-0.1, -0.05) is 20.3 Å². The molecule has 0 amide bonds. The quantitative estimate of drug-likeness (QED) is 0.688. The minimum atomic E-state index is -3.39. The van der Waals surface area contributed by atoms with Crippen LogP contribution in [0.1, 0.15) is 52.3 Å². The lowest BCUT2D eigenvalue weighted by atomic mass is 10.3. The molecule has 20 heavy (non-hydrogen) atoms. The van der Waals surface area contributed by atoms with Crippen molar-refractivity contribution in [2.45, 2.75) is 58.0 Å². The van der Waals surface area contributed by atoms with Crippen molar-refractivity contribution in [2.75, 3.05) is 13.1 Å². The Balaban J connectivity index is 2.94. The summed E-state index contributed by atoms with van der Waals surface area (Å²) in [5.74, 6) is 0. The van der Waals surface area contributed by atoms with Crippen molar-refractivity contribution >= 4 is 10.0 Å². The number of unbranched alkanes of at least 4 members (excludes halogenated alkanes) is 1. The van der Waals surface area contributed by atoms with Gasteiger partial charge in [0.25, 0.3) is 0 Å². The second-order valence-corrected chi connectivity index (χ2v) is 6.97. The van der Waals surface area contributed by atoms with Gasteiger partial charge in [0.15, 0.2) is 0 Å². The van der Waals surface area contributed by atoms with Crippen molar-refractivity contribution in [2.24, 2.45) is 0 Å². The van der Waals surface area contributed by atoms with Gasteiger partial charge in [0.2, 0.25) is 10.0 Å². The molecule has 6 heteroatoms. The Morgan fingerprint density at radius 2 is 2.00 bits per heavy atom. The summed E-state index contributed by atoms with van der Waals surface area (Å²) in [5.41, 5.74) is 0.998. The fourth-order valence-electron chi connectivity index (χ4n) is 1.99. The third-order valence-electron chi connectivity index (χ3n) is 3.15. The average molecular weight is 301 g/mol. The lowest BCUT2D eigenvalue weighted by Gasteiger charge is -2.12. The highest BCUT2D eigenvalue weighted by Crippen LogP contribution is 2.19. The first kappa shape index (κ1) is 17.2. The largest absolute Gasteiger partial charge is 0.346 e. The number of rotatable bonds is 9.